The van der Waals surface area contributed by atoms with Gasteiger partial charge in [-0.15, -0.1) is 0 Å². The maximum atomic E-state index is 13.2. The van der Waals surface area contributed by atoms with Crippen molar-refractivity contribution in [1.82, 2.24) is 19.7 Å². The molecule has 1 aliphatic rings. The average Bonchev–Trinajstić information content (AvgIpc) is 2.96. The smallest absolute Gasteiger partial charge is 0.327 e. The summed E-state index contributed by atoms with van der Waals surface area (Å²) >= 11 is 0. The van der Waals surface area contributed by atoms with Gasteiger partial charge in [0, 0.05) is 31.9 Å². The van der Waals surface area contributed by atoms with Crippen LogP contribution in [0.25, 0.3) is 11.0 Å². The molecular weight excluding hydrogens is 363 g/mol. The monoisotopic (exact) mass is 384 g/mol. The normalized spacial score (nSPS) is 14.9. The SMILES string of the molecule is COC(=O)Cn1ncc2c(N3CCCN(c4ccc(F)cc4)CC3)ncnc21. The summed E-state index contributed by atoms with van der Waals surface area (Å²) in [6, 6.07) is 6.60. The number of carbonyl (C=O) groups excluding carboxylic acids is 1. The van der Waals surface area contributed by atoms with Crippen LogP contribution < -0.4 is 9.80 Å². The van der Waals surface area contributed by atoms with Crippen LogP contribution in [0, 0.1) is 5.82 Å². The first-order valence-corrected chi connectivity index (χ1v) is 9.14. The van der Waals surface area contributed by atoms with Crippen molar-refractivity contribution in [2.45, 2.75) is 13.0 Å². The standard InChI is InChI=1S/C19H21FN6O2/c1-28-17(27)12-26-19-16(11-23-26)18(21-13-22-19)25-8-2-7-24(9-10-25)15-5-3-14(20)4-6-15/h3-6,11,13H,2,7-10,12H2,1H3. The fourth-order valence-corrected chi connectivity index (χ4v) is 3.47. The van der Waals surface area contributed by atoms with E-state index in [4.69, 9.17) is 4.74 Å². The zero-order valence-corrected chi connectivity index (χ0v) is 15.6. The molecule has 0 spiro atoms. The second-order valence-electron chi connectivity index (χ2n) is 6.62. The van der Waals surface area contributed by atoms with Crippen molar-refractivity contribution in [2.75, 3.05) is 43.1 Å². The molecule has 3 aromatic rings. The van der Waals surface area contributed by atoms with Crippen LogP contribution in [-0.2, 0) is 16.1 Å². The minimum absolute atomic E-state index is 0.00873. The van der Waals surface area contributed by atoms with E-state index in [1.165, 1.54) is 30.3 Å². The van der Waals surface area contributed by atoms with Gasteiger partial charge in [0.05, 0.1) is 18.7 Å². The Balaban J connectivity index is 1.55. The maximum absolute atomic E-state index is 13.2. The highest BCUT2D eigenvalue weighted by atomic mass is 19.1. The summed E-state index contributed by atoms with van der Waals surface area (Å²) in [6.07, 6.45) is 4.13. The molecule has 2 aromatic heterocycles. The Morgan fingerprint density at radius 1 is 1.11 bits per heavy atom. The van der Waals surface area contributed by atoms with E-state index >= 15 is 0 Å². The van der Waals surface area contributed by atoms with E-state index in [1.807, 2.05) is 12.1 Å². The van der Waals surface area contributed by atoms with Crippen LogP contribution in [0.1, 0.15) is 6.42 Å². The molecule has 28 heavy (non-hydrogen) atoms. The number of halogens is 1. The van der Waals surface area contributed by atoms with E-state index in [0.29, 0.717) is 5.65 Å². The largest absolute Gasteiger partial charge is 0.468 e. The zero-order valence-electron chi connectivity index (χ0n) is 15.6. The van der Waals surface area contributed by atoms with Gasteiger partial charge in [0.15, 0.2) is 5.65 Å². The molecule has 4 rings (SSSR count). The summed E-state index contributed by atoms with van der Waals surface area (Å²) in [5.41, 5.74) is 1.62. The molecule has 146 valence electrons. The van der Waals surface area contributed by atoms with Gasteiger partial charge in [-0.05, 0) is 30.7 Å². The number of ether oxygens (including phenoxy) is 1. The highest BCUT2D eigenvalue weighted by Gasteiger charge is 2.20. The van der Waals surface area contributed by atoms with Gasteiger partial charge in [-0.2, -0.15) is 5.10 Å². The quantitative estimate of drug-likeness (QED) is 0.636. The van der Waals surface area contributed by atoms with E-state index in [-0.39, 0.29) is 18.3 Å². The number of hydrogen-bond acceptors (Lipinski definition) is 7. The second kappa shape index (κ2) is 7.79. The zero-order chi connectivity index (χ0) is 19.5. The lowest BCUT2D eigenvalue weighted by Crippen LogP contribution is -2.31. The average molecular weight is 384 g/mol. The Morgan fingerprint density at radius 3 is 2.64 bits per heavy atom. The Hall–Kier alpha value is -3.23. The molecule has 0 bridgehead atoms. The van der Waals surface area contributed by atoms with Gasteiger partial charge in [-0.3, -0.25) is 4.79 Å². The minimum Gasteiger partial charge on any atom is -0.468 e. The van der Waals surface area contributed by atoms with Crippen LogP contribution in [0.2, 0.25) is 0 Å². The van der Waals surface area contributed by atoms with Crippen molar-refractivity contribution in [2.24, 2.45) is 0 Å². The number of nitrogens with zero attached hydrogens (tertiary/aromatic N) is 6. The highest BCUT2D eigenvalue weighted by Crippen LogP contribution is 2.25. The van der Waals surface area contributed by atoms with E-state index in [1.54, 1.807) is 6.20 Å². The minimum atomic E-state index is -0.380. The summed E-state index contributed by atoms with van der Waals surface area (Å²) in [7, 11) is 1.35. The number of esters is 1. The lowest BCUT2D eigenvalue weighted by molar-refractivity contribution is -0.141. The molecule has 0 saturated carbocycles. The number of carbonyl (C=O) groups is 1. The summed E-state index contributed by atoms with van der Waals surface area (Å²) in [5, 5.41) is 5.08. The van der Waals surface area contributed by atoms with E-state index in [9.17, 15) is 9.18 Å². The first-order valence-electron chi connectivity index (χ1n) is 9.14. The van der Waals surface area contributed by atoms with Gasteiger partial charge in [0.1, 0.15) is 24.5 Å². The Bertz CT molecular complexity index is 974. The van der Waals surface area contributed by atoms with Crippen LogP contribution in [0.5, 0.6) is 0 Å². The maximum Gasteiger partial charge on any atom is 0.327 e. The molecule has 0 N–H and O–H groups in total. The molecule has 0 unspecified atom stereocenters. The molecule has 1 saturated heterocycles. The molecule has 3 heterocycles. The van der Waals surface area contributed by atoms with E-state index in [0.717, 1.165) is 49.5 Å². The lowest BCUT2D eigenvalue weighted by atomic mass is 10.2. The molecule has 8 nitrogen and oxygen atoms in total. The van der Waals surface area contributed by atoms with Crippen molar-refractivity contribution in [3.05, 3.63) is 42.6 Å². The second-order valence-corrected chi connectivity index (χ2v) is 6.62. The predicted octanol–water partition coefficient (Wildman–Crippen LogP) is 1.86. The number of methoxy groups -OCH3 is 1. The van der Waals surface area contributed by atoms with Crippen LogP contribution in [0.15, 0.2) is 36.8 Å². The fraction of sp³-hybridized carbons (Fsp3) is 0.368. The van der Waals surface area contributed by atoms with Crippen LogP contribution in [0.3, 0.4) is 0 Å². The summed E-state index contributed by atoms with van der Waals surface area (Å²) < 4.78 is 19.4. The molecule has 1 aromatic carbocycles. The van der Waals surface area contributed by atoms with E-state index in [2.05, 4.69) is 24.9 Å². The molecule has 0 radical (unpaired) electrons. The molecule has 9 heteroatoms. The number of rotatable bonds is 4. The van der Waals surface area contributed by atoms with Crippen LogP contribution >= 0.6 is 0 Å². The van der Waals surface area contributed by atoms with Crippen molar-refractivity contribution in [1.29, 1.82) is 0 Å². The Kier molecular flexibility index (Phi) is 5.05. The molecule has 0 aliphatic carbocycles. The fourth-order valence-electron chi connectivity index (χ4n) is 3.47. The number of hydrogen-bond donors (Lipinski definition) is 0. The lowest BCUT2D eigenvalue weighted by Gasteiger charge is -2.24. The van der Waals surface area contributed by atoms with Crippen molar-refractivity contribution in [3.8, 4) is 0 Å². The Labute approximate surface area is 161 Å². The van der Waals surface area contributed by atoms with Gasteiger partial charge >= 0.3 is 5.97 Å². The van der Waals surface area contributed by atoms with Crippen molar-refractivity contribution >= 4 is 28.5 Å². The molecular formula is C19H21FN6O2. The number of fused-ring (bicyclic) bond motifs is 1. The molecule has 0 amide bonds. The number of anilines is 2. The van der Waals surface area contributed by atoms with Gasteiger partial charge in [0.2, 0.25) is 0 Å². The highest BCUT2D eigenvalue weighted by molar-refractivity contribution is 5.87. The first-order chi connectivity index (χ1) is 13.7. The van der Waals surface area contributed by atoms with Crippen molar-refractivity contribution in [3.63, 3.8) is 0 Å². The van der Waals surface area contributed by atoms with Crippen LogP contribution in [0.4, 0.5) is 15.9 Å². The summed E-state index contributed by atoms with van der Waals surface area (Å²) in [5.74, 6) is 0.199. The topological polar surface area (TPSA) is 76.4 Å². The molecule has 1 aliphatic heterocycles. The third-order valence-electron chi connectivity index (χ3n) is 4.91. The van der Waals surface area contributed by atoms with Gasteiger partial charge in [-0.25, -0.2) is 19.0 Å². The van der Waals surface area contributed by atoms with Gasteiger partial charge in [-0.1, -0.05) is 0 Å². The first kappa shape index (κ1) is 18.1. The number of benzene rings is 1. The summed E-state index contributed by atoms with van der Waals surface area (Å²) in [4.78, 5) is 24.8. The Morgan fingerprint density at radius 2 is 1.86 bits per heavy atom. The predicted molar refractivity (Wildman–Crippen MR) is 103 cm³/mol. The number of aromatic nitrogens is 4. The summed E-state index contributed by atoms with van der Waals surface area (Å²) in [6.45, 7) is 3.30. The van der Waals surface area contributed by atoms with Gasteiger partial charge < -0.3 is 14.5 Å². The third-order valence-corrected chi connectivity index (χ3v) is 4.91. The molecule has 1 fully saturated rings. The van der Waals surface area contributed by atoms with E-state index < -0.39 is 0 Å². The van der Waals surface area contributed by atoms with Crippen LogP contribution in [-0.4, -0.2) is 59.0 Å². The third kappa shape index (κ3) is 3.60. The van der Waals surface area contributed by atoms with Gasteiger partial charge in [0.25, 0.3) is 0 Å². The van der Waals surface area contributed by atoms with Crippen molar-refractivity contribution < 1.29 is 13.9 Å². The molecule has 0 atom stereocenters.